The van der Waals surface area contributed by atoms with Crippen molar-refractivity contribution in [2.45, 2.75) is 12.2 Å². The molecule has 0 aromatic heterocycles. The van der Waals surface area contributed by atoms with Crippen molar-refractivity contribution in [3.8, 4) is 0 Å². The van der Waals surface area contributed by atoms with Crippen LogP contribution in [0.5, 0.6) is 0 Å². The van der Waals surface area contributed by atoms with Gasteiger partial charge in [0.2, 0.25) is 0 Å². The molecule has 0 saturated heterocycles. The van der Waals surface area contributed by atoms with Crippen LogP contribution in [0.4, 0.5) is 0 Å². The fourth-order valence-electron chi connectivity index (χ4n) is 0.178. The molecular weight excluding hydrogens is 268 g/mol. The van der Waals surface area contributed by atoms with Crippen LogP contribution in [0.1, 0.15) is 0 Å². The van der Waals surface area contributed by atoms with Crippen LogP contribution >= 0.6 is 0 Å². The van der Waals surface area contributed by atoms with E-state index < -0.39 is 18.8 Å². The van der Waals surface area contributed by atoms with Crippen molar-refractivity contribution < 1.29 is 67.3 Å². The molecule has 0 aliphatic heterocycles. The first kappa shape index (κ1) is 17.1. The SMILES string of the molecule is O.O=[C-]C(O)C(O)CO.[Ce]. The Bertz CT molecular complexity index is 78.0. The van der Waals surface area contributed by atoms with E-state index in [1.165, 1.54) is 0 Å². The fourth-order valence-corrected chi connectivity index (χ4v) is 0.178. The van der Waals surface area contributed by atoms with Gasteiger partial charge in [-0.3, -0.25) is 0 Å². The second kappa shape index (κ2) is 9.89. The molecule has 0 saturated carbocycles. The van der Waals surface area contributed by atoms with Crippen LogP contribution in [0.3, 0.4) is 0 Å². The van der Waals surface area contributed by atoms with Gasteiger partial charge in [-0.15, -0.1) is 0 Å². The van der Waals surface area contributed by atoms with Gasteiger partial charge < -0.3 is 25.6 Å². The summed E-state index contributed by atoms with van der Waals surface area (Å²) in [4.78, 5) is 9.46. The van der Waals surface area contributed by atoms with Gasteiger partial charge in [-0.2, -0.15) is 0 Å². The normalized spacial score (nSPS) is 13.9. The minimum Gasteiger partial charge on any atom is -0.539 e. The second-order valence-corrected chi connectivity index (χ2v) is 1.31. The predicted octanol–water partition coefficient (Wildman–Crippen LogP) is -3.01. The van der Waals surface area contributed by atoms with E-state index in [1.807, 2.05) is 0 Å². The molecule has 6 heteroatoms. The van der Waals surface area contributed by atoms with Crippen LogP contribution in [0.15, 0.2) is 0 Å². The number of aliphatic hydroxyl groups excluding tert-OH is 3. The van der Waals surface area contributed by atoms with Crippen molar-refractivity contribution in [2.75, 3.05) is 6.61 Å². The predicted molar refractivity (Wildman–Crippen MR) is 28.4 cm³/mol. The molecule has 5 N–H and O–H groups in total. The van der Waals surface area contributed by atoms with Crippen molar-refractivity contribution >= 4 is 6.29 Å². The van der Waals surface area contributed by atoms with Gasteiger partial charge in [-0.1, -0.05) is 0 Å². The Hall–Kier alpha value is 0.887. The molecular formula is C4H9CeO5-. The third-order valence-electron chi connectivity index (χ3n) is 0.672. The maximum Gasteiger partial charge on any atom is 0.0783 e. The average molecular weight is 277 g/mol. The molecule has 0 heterocycles. The first-order valence-corrected chi connectivity index (χ1v) is 2.07. The number of rotatable bonds is 3. The summed E-state index contributed by atoms with van der Waals surface area (Å²) >= 11 is 0. The smallest absolute Gasteiger partial charge is 0.0783 e. The van der Waals surface area contributed by atoms with Gasteiger partial charge in [-0.05, 0) is 6.10 Å². The van der Waals surface area contributed by atoms with Crippen LogP contribution in [-0.4, -0.2) is 45.9 Å². The molecule has 0 fully saturated rings. The molecule has 0 rings (SSSR count). The molecule has 0 radical (unpaired) electrons. The molecule has 0 amide bonds. The second-order valence-electron chi connectivity index (χ2n) is 1.31. The van der Waals surface area contributed by atoms with Gasteiger partial charge in [0.15, 0.2) is 0 Å². The minimum atomic E-state index is -1.58. The number of hydrogen-bond donors (Lipinski definition) is 3. The van der Waals surface area contributed by atoms with E-state index in [1.54, 1.807) is 0 Å². The van der Waals surface area contributed by atoms with Crippen LogP contribution in [0, 0.1) is 41.7 Å². The zero-order chi connectivity index (χ0) is 6.57. The first-order valence-electron chi connectivity index (χ1n) is 2.07. The molecule has 0 spiro atoms. The van der Waals surface area contributed by atoms with Crippen molar-refractivity contribution in [3.63, 3.8) is 0 Å². The summed E-state index contributed by atoms with van der Waals surface area (Å²) in [6.45, 7) is -0.629. The number of hydrogen-bond acceptors (Lipinski definition) is 4. The van der Waals surface area contributed by atoms with Crippen LogP contribution in [0.2, 0.25) is 0 Å². The topological polar surface area (TPSA) is 109 Å². The summed E-state index contributed by atoms with van der Waals surface area (Å²) < 4.78 is 0. The summed E-state index contributed by atoms with van der Waals surface area (Å²) in [5.74, 6) is 0. The summed E-state index contributed by atoms with van der Waals surface area (Å²) in [5, 5.41) is 24.7. The van der Waals surface area contributed by atoms with E-state index in [9.17, 15) is 4.79 Å². The quantitative estimate of drug-likeness (QED) is 0.477. The van der Waals surface area contributed by atoms with Crippen molar-refractivity contribution in [1.29, 1.82) is 0 Å². The Labute approximate surface area is 91.7 Å². The fraction of sp³-hybridized carbons (Fsp3) is 0.750. The summed E-state index contributed by atoms with van der Waals surface area (Å²) in [6.07, 6.45) is -1.87. The third-order valence-corrected chi connectivity index (χ3v) is 0.672. The van der Waals surface area contributed by atoms with Gasteiger partial charge in [0.1, 0.15) is 0 Å². The van der Waals surface area contributed by atoms with Gasteiger partial charge >= 0.3 is 0 Å². The Kier molecular flexibility index (Phi) is 16.9. The molecule has 0 aliphatic rings. The van der Waals surface area contributed by atoms with E-state index in [4.69, 9.17) is 15.3 Å². The van der Waals surface area contributed by atoms with Gasteiger partial charge in [0.05, 0.1) is 12.7 Å². The monoisotopic (exact) mass is 277 g/mol. The Morgan fingerprint density at radius 1 is 1.40 bits per heavy atom. The first-order chi connectivity index (χ1) is 3.72. The Morgan fingerprint density at radius 3 is 1.90 bits per heavy atom. The number of carbonyl (C=O) groups excluding carboxylic acids is 1. The molecule has 10 heavy (non-hydrogen) atoms. The molecule has 5 nitrogen and oxygen atoms in total. The molecule has 60 valence electrons. The van der Waals surface area contributed by atoms with Gasteiger partial charge in [0, 0.05) is 41.7 Å². The van der Waals surface area contributed by atoms with E-state index in [0.29, 0.717) is 0 Å². The minimum absolute atomic E-state index is 0. The summed E-state index contributed by atoms with van der Waals surface area (Å²) in [5.41, 5.74) is 0. The standard InChI is InChI=1S/C4H7O4.Ce.H2O/c5-1-3(7)4(8)2-6;;/h3-5,7-8H,1H2;;1H2/q-1;;. The molecule has 2 unspecified atom stereocenters. The van der Waals surface area contributed by atoms with E-state index >= 15 is 0 Å². The van der Waals surface area contributed by atoms with Crippen LogP contribution in [-0.2, 0) is 4.79 Å². The molecule has 0 aliphatic carbocycles. The number of aliphatic hydroxyl groups is 3. The molecule has 0 bridgehead atoms. The van der Waals surface area contributed by atoms with E-state index in [0.717, 1.165) is 6.29 Å². The van der Waals surface area contributed by atoms with Crippen molar-refractivity contribution in [1.82, 2.24) is 0 Å². The maximum absolute atomic E-state index is 9.46. The Balaban J connectivity index is -0.000000245. The van der Waals surface area contributed by atoms with E-state index in [-0.39, 0.29) is 47.2 Å². The molecule has 2 atom stereocenters. The van der Waals surface area contributed by atoms with Crippen molar-refractivity contribution in [3.05, 3.63) is 0 Å². The molecule has 0 aromatic carbocycles. The zero-order valence-corrected chi connectivity index (χ0v) is 8.25. The van der Waals surface area contributed by atoms with Gasteiger partial charge in [-0.25, -0.2) is 6.29 Å². The Morgan fingerprint density at radius 2 is 1.80 bits per heavy atom. The largest absolute Gasteiger partial charge is 0.539 e. The van der Waals surface area contributed by atoms with Crippen LogP contribution in [0.25, 0.3) is 0 Å². The maximum atomic E-state index is 9.46. The van der Waals surface area contributed by atoms with Gasteiger partial charge in [0.25, 0.3) is 0 Å². The van der Waals surface area contributed by atoms with Crippen molar-refractivity contribution in [2.24, 2.45) is 0 Å². The summed E-state index contributed by atoms with van der Waals surface area (Å²) in [7, 11) is 0. The zero-order valence-electron chi connectivity index (χ0n) is 5.11. The van der Waals surface area contributed by atoms with E-state index in [2.05, 4.69) is 0 Å². The molecule has 0 aromatic rings. The van der Waals surface area contributed by atoms with Crippen LogP contribution < -0.4 is 0 Å². The average Bonchev–Trinajstić information content (AvgIpc) is 1.84. The third kappa shape index (κ3) is 7.00. The summed E-state index contributed by atoms with van der Waals surface area (Å²) in [6, 6.07) is 0.